The number of phenolic OH excluding ortho intramolecular Hbond substituents is 4. The summed E-state index contributed by atoms with van der Waals surface area (Å²) >= 11 is 0. The number of carbonyl (C=O) groups excluding carboxylic acids is 1. The van der Waals surface area contributed by atoms with Gasteiger partial charge in [-0.05, 0) is 47.4 Å². The third-order valence-electron chi connectivity index (χ3n) is 5.29. The Hall–Kier alpha value is -3.95. The predicted molar refractivity (Wildman–Crippen MR) is 134 cm³/mol. The number of hydrogen-bond acceptors (Lipinski definition) is 8. The molecule has 3 aromatic carbocycles. The number of aliphatic hydroxyl groups is 2. The first-order valence-electron chi connectivity index (χ1n) is 11.4. The first-order valence-corrected chi connectivity index (χ1v) is 11.4. The molecule has 0 aliphatic carbocycles. The SMILES string of the molecule is CCC[C@H](O)c1ccc(O)c(O)c1.CN(C[C@H](O)c1ccc(O)c(O)c1)C(=O)OCc1ccccc1. The molecule has 9 nitrogen and oxygen atoms in total. The molecular formula is C27H33NO8. The van der Waals surface area contributed by atoms with Gasteiger partial charge in [-0.2, -0.15) is 0 Å². The normalized spacial score (nSPS) is 12.1. The lowest BCUT2D eigenvalue weighted by molar-refractivity contribution is 0.0787. The highest BCUT2D eigenvalue weighted by Gasteiger charge is 2.17. The van der Waals surface area contributed by atoms with Gasteiger partial charge in [0, 0.05) is 7.05 Å². The maximum Gasteiger partial charge on any atom is 0.409 e. The number of benzene rings is 3. The molecule has 0 aromatic heterocycles. The van der Waals surface area contributed by atoms with E-state index >= 15 is 0 Å². The number of likely N-dealkylation sites (N-methyl/N-ethyl adjacent to an activating group) is 1. The number of amides is 1. The van der Waals surface area contributed by atoms with E-state index in [1.807, 2.05) is 37.3 Å². The fourth-order valence-corrected chi connectivity index (χ4v) is 3.20. The molecule has 0 spiro atoms. The van der Waals surface area contributed by atoms with Crippen LogP contribution in [0.4, 0.5) is 4.79 Å². The molecule has 36 heavy (non-hydrogen) atoms. The second kappa shape index (κ2) is 13.8. The second-order valence-electron chi connectivity index (χ2n) is 8.24. The molecule has 194 valence electrons. The van der Waals surface area contributed by atoms with Crippen molar-refractivity contribution in [3.05, 3.63) is 83.4 Å². The van der Waals surface area contributed by atoms with E-state index in [0.29, 0.717) is 17.5 Å². The van der Waals surface area contributed by atoms with Crippen LogP contribution < -0.4 is 0 Å². The lowest BCUT2D eigenvalue weighted by Gasteiger charge is -2.21. The minimum absolute atomic E-state index is 0.00214. The molecule has 3 rings (SSSR count). The van der Waals surface area contributed by atoms with Gasteiger partial charge in [0.25, 0.3) is 0 Å². The average molecular weight is 500 g/mol. The van der Waals surface area contributed by atoms with Crippen LogP contribution in [0.2, 0.25) is 0 Å². The van der Waals surface area contributed by atoms with Gasteiger partial charge in [0.05, 0.1) is 18.8 Å². The summed E-state index contributed by atoms with van der Waals surface area (Å²) in [7, 11) is 1.51. The monoisotopic (exact) mass is 499 g/mol. The quantitative estimate of drug-likeness (QED) is 0.251. The van der Waals surface area contributed by atoms with Crippen molar-refractivity contribution in [2.75, 3.05) is 13.6 Å². The van der Waals surface area contributed by atoms with Gasteiger partial charge < -0.3 is 40.3 Å². The summed E-state index contributed by atoms with van der Waals surface area (Å²) in [6, 6.07) is 17.7. The molecular weight excluding hydrogens is 466 g/mol. The minimum atomic E-state index is -1.00. The van der Waals surface area contributed by atoms with Crippen LogP contribution in [0.1, 0.15) is 48.7 Å². The Bertz CT molecular complexity index is 1110. The van der Waals surface area contributed by atoms with Gasteiger partial charge in [0.15, 0.2) is 23.0 Å². The molecule has 6 N–H and O–H groups in total. The standard InChI is InChI=1S/C17H19NO5.C10H14O3/c1-18(17(22)23-11-12-5-3-2-4-6-12)10-16(21)13-7-8-14(19)15(20)9-13;1-2-3-8(11)7-4-5-9(12)10(13)6-7/h2-9,16,19-21H,10-11H2,1H3;4-6,8,11-13H,2-3H2,1H3/t16-;8-/m00/s1. The molecule has 0 heterocycles. The van der Waals surface area contributed by atoms with Crippen molar-refractivity contribution in [1.82, 2.24) is 4.90 Å². The van der Waals surface area contributed by atoms with Crippen molar-refractivity contribution in [2.24, 2.45) is 0 Å². The van der Waals surface area contributed by atoms with Crippen molar-refractivity contribution in [3.8, 4) is 23.0 Å². The van der Waals surface area contributed by atoms with Gasteiger partial charge in [-0.15, -0.1) is 0 Å². The lowest BCUT2D eigenvalue weighted by Crippen LogP contribution is -2.31. The van der Waals surface area contributed by atoms with Gasteiger partial charge in [-0.3, -0.25) is 0 Å². The highest BCUT2D eigenvalue weighted by atomic mass is 16.6. The van der Waals surface area contributed by atoms with Gasteiger partial charge >= 0.3 is 6.09 Å². The van der Waals surface area contributed by atoms with E-state index in [2.05, 4.69) is 0 Å². The number of aromatic hydroxyl groups is 4. The Labute approximate surface area is 210 Å². The summed E-state index contributed by atoms with van der Waals surface area (Å²) in [5, 5.41) is 56.5. The topological polar surface area (TPSA) is 151 Å². The molecule has 2 atom stereocenters. The Morgan fingerprint density at radius 2 is 1.33 bits per heavy atom. The van der Waals surface area contributed by atoms with Crippen molar-refractivity contribution in [1.29, 1.82) is 0 Å². The molecule has 0 saturated heterocycles. The van der Waals surface area contributed by atoms with Crippen LogP contribution in [-0.4, -0.2) is 55.2 Å². The molecule has 0 aliphatic rings. The van der Waals surface area contributed by atoms with Crippen molar-refractivity contribution in [3.63, 3.8) is 0 Å². The highest BCUT2D eigenvalue weighted by Crippen LogP contribution is 2.29. The number of hydrogen-bond donors (Lipinski definition) is 6. The van der Waals surface area contributed by atoms with Crippen LogP contribution in [-0.2, 0) is 11.3 Å². The Morgan fingerprint density at radius 1 is 0.806 bits per heavy atom. The highest BCUT2D eigenvalue weighted by molar-refractivity contribution is 5.67. The van der Waals surface area contributed by atoms with E-state index < -0.39 is 18.3 Å². The van der Waals surface area contributed by atoms with Crippen LogP contribution >= 0.6 is 0 Å². The number of ether oxygens (including phenoxy) is 1. The van der Waals surface area contributed by atoms with Gasteiger partial charge in [-0.25, -0.2) is 4.79 Å². The molecule has 0 aliphatic heterocycles. The molecule has 0 saturated carbocycles. The zero-order valence-electron chi connectivity index (χ0n) is 20.3. The minimum Gasteiger partial charge on any atom is -0.504 e. The van der Waals surface area contributed by atoms with Crippen LogP contribution in [0.3, 0.4) is 0 Å². The molecule has 0 fully saturated rings. The smallest absolute Gasteiger partial charge is 0.409 e. The lowest BCUT2D eigenvalue weighted by atomic mass is 10.0. The third-order valence-corrected chi connectivity index (χ3v) is 5.29. The van der Waals surface area contributed by atoms with Gasteiger partial charge in [0.2, 0.25) is 0 Å². The summed E-state index contributed by atoms with van der Waals surface area (Å²) in [6.07, 6.45) is -0.587. The van der Waals surface area contributed by atoms with Gasteiger partial charge in [0.1, 0.15) is 6.61 Å². The van der Waals surface area contributed by atoms with Crippen LogP contribution in [0, 0.1) is 0 Å². The number of rotatable bonds is 8. The zero-order valence-corrected chi connectivity index (χ0v) is 20.3. The maximum atomic E-state index is 11.9. The third kappa shape index (κ3) is 8.68. The summed E-state index contributed by atoms with van der Waals surface area (Å²) in [5.41, 5.74) is 1.90. The summed E-state index contributed by atoms with van der Waals surface area (Å²) in [5.74, 6) is -0.937. The summed E-state index contributed by atoms with van der Waals surface area (Å²) in [4.78, 5) is 13.2. The largest absolute Gasteiger partial charge is 0.504 e. The van der Waals surface area contributed by atoms with Crippen LogP contribution in [0.25, 0.3) is 0 Å². The Balaban J connectivity index is 0.000000297. The molecule has 9 heteroatoms. The van der Waals surface area contributed by atoms with E-state index in [1.54, 1.807) is 6.07 Å². The predicted octanol–water partition coefficient (Wildman–Crippen LogP) is 4.33. The van der Waals surface area contributed by atoms with Gasteiger partial charge in [-0.1, -0.05) is 55.8 Å². The fraction of sp³-hybridized carbons (Fsp3) is 0.296. The molecule has 3 aromatic rings. The molecule has 0 unspecified atom stereocenters. The number of carbonyl (C=O) groups is 1. The van der Waals surface area contributed by atoms with E-state index in [-0.39, 0.29) is 36.1 Å². The number of nitrogens with zero attached hydrogens (tertiary/aromatic N) is 1. The second-order valence-corrected chi connectivity index (χ2v) is 8.24. The van der Waals surface area contributed by atoms with Crippen molar-refractivity contribution < 1.29 is 40.2 Å². The fourth-order valence-electron chi connectivity index (χ4n) is 3.20. The Morgan fingerprint density at radius 3 is 1.83 bits per heavy atom. The number of phenols is 4. The molecule has 1 amide bonds. The maximum absolute atomic E-state index is 11.9. The van der Waals surface area contributed by atoms with Crippen molar-refractivity contribution >= 4 is 6.09 Å². The van der Waals surface area contributed by atoms with Crippen LogP contribution in [0.5, 0.6) is 23.0 Å². The van der Waals surface area contributed by atoms with Crippen molar-refractivity contribution in [2.45, 2.75) is 38.6 Å². The summed E-state index contributed by atoms with van der Waals surface area (Å²) < 4.78 is 5.16. The first-order chi connectivity index (χ1) is 17.1. The van der Waals surface area contributed by atoms with E-state index in [0.717, 1.165) is 12.0 Å². The summed E-state index contributed by atoms with van der Waals surface area (Å²) in [6.45, 7) is 2.13. The van der Waals surface area contributed by atoms with E-state index in [4.69, 9.17) is 14.9 Å². The van der Waals surface area contributed by atoms with E-state index in [1.165, 1.54) is 42.3 Å². The first kappa shape index (κ1) is 28.3. The average Bonchev–Trinajstić information content (AvgIpc) is 2.87. The van der Waals surface area contributed by atoms with E-state index in [9.17, 15) is 25.2 Å². The molecule has 0 radical (unpaired) electrons. The number of aliphatic hydroxyl groups excluding tert-OH is 2. The molecule has 0 bridgehead atoms. The van der Waals surface area contributed by atoms with Crippen LogP contribution in [0.15, 0.2) is 66.7 Å². The Kier molecular flexibility index (Phi) is 10.9. The zero-order chi connectivity index (χ0) is 26.7.